The second-order valence-electron chi connectivity index (χ2n) is 5.80. The molecular weight excluding hydrogens is 208 g/mol. The molecule has 1 aliphatic carbocycles. The fourth-order valence-corrected chi connectivity index (χ4v) is 2.19. The van der Waals surface area contributed by atoms with E-state index in [0.29, 0.717) is 0 Å². The summed E-state index contributed by atoms with van der Waals surface area (Å²) in [5.74, 6) is 3.70. The third-order valence-corrected chi connectivity index (χ3v) is 4.00. The van der Waals surface area contributed by atoms with Crippen LogP contribution in [0.5, 0.6) is 0 Å². The quantitative estimate of drug-likeness (QED) is 0.632. The number of hydrogen-bond acceptors (Lipinski definition) is 1. The molecule has 0 spiro atoms. The van der Waals surface area contributed by atoms with E-state index in [9.17, 15) is 0 Å². The highest BCUT2D eigenvalue weighted by molar-refractivity contribution is 4.71. The largest absolute Gasteiger partial charge is 0.381 e. The summed E-state index contributed by atoms with van der Waals surface area (Å²) in [5.41, 5.74) is 0. The van der Waals surface area contributed by atoms with Gasteiger partial charge < -0.3 is 4.74 Å². The lowest BCUT2D eigenvalue weighted by Gasteiger charge is -2.28. The average molecular weight is 244 g/mol. The Bertz CT molecular complexity index is 153. The maximum atomic E-state index is 5.22. The molecule has 1 heteroatoms. The summed E-state index contributed by atoms with van der Waals surface area (Å²) >= 11 is 0. The average Bonchev–Trinajstić information content (AvgIpc) is 2.51. The van der Waals surface area contributed by atoms with Gasteiger partial charge in [0.2, 0.25) is 0 Å². The van der Waals surface area contributed by atoms with Crippen LogP contribution in [0.3, 0.4) is 0 Å². The lowest BCUT2D eigenvalue weighted by atomic mass is 9.78. The van der Waals surface area contributed by atoms with Crippen molar-refractivity contribution in [2.45, 2.75) is 68.2 Å². The van der Waals surface area contributed by atoms with Gasteiger partial charge in [-0.2, -0.15) is 0 Å². The minimum Gasteiger partial charge on any atom is -0.381 e. The number of hydrogen-bond donors (Lipinski definition) is 0. The van der Waals surface area contributed by atoms with Crippen molar-refractivity contribution in [1.29, 1.82) is 0 Å². The predicted molar refractivity (Wildman–Crippen MR) is 79.4 cm³/mol. The first kappa shape index (κ1) is 19.3. The normalized spacial score (nSPS) is 23.3. The van der Waals surface area contributed by atoms with E-state index in [2.05, 4.69) is 27.7 Å². The molecule has 1 saturated carbocycles. The van der Waals surface area contributed by atoms with Crippen molar-refractivity contribution in [1.82, 2.24) is 0 Å². The van der Waals surface area contributed by atoms with Crippen molar-refractivity contribution in [3.05, 3.63) is 0 Å². The Hall–Kier alpha value is -0.0400. The molecule has 1 saturated heterocycles. The van der Waals surface area contributed by atoms with Crippen LogP contribution in [0.1, 0.15) is 68.2 Å². The van der Waals surface area contributed by atoms with E-state index in [1.807, 2.05) is 0 Å². The number of ether oxygens (including phenoxy) is 1. The Morgan fingerprint density at radius 1 is 0.824 bits per heavy atom. The molecule has 1 heterocycles. The summed E-state index contributed by atoms with van der Waals surface area (Å²) in [6, 6.07) is 0. The first-order valence-corrected chi connectivity index (χ1v) is 6.69. The van der Waals surface area contributed by atoms with Gasteiger partial charge in [-0.1, -0.05) is 61.8 Å². The molecule has 1 unspecified atom stereocenters. The van der Waals surface area contributed by atoms with Crippen molar-refractivity contribution in [3.63, 3.8) is 0 Å². The topological polar surface area (TPSA) is 9.23 Å². The summed E-state index contributed by atoms with van der Waals surface area (Å²) in [6.45, 7) is 11.2. The molecule has 1 atom stereocenters. The van der Waals surface area contributed by atoms with Crippen LogP contribution in [-0.2, 0) is 4.74 Å². The lowest BCUT2D eigenvalue weighted by molar-refractivity contribution is 0.177. The van der Waals surface area contributed by atoms with Crippen molar-refractivity contribution in [2.75, 3.05) is 13.2 Å². The number of rotatable bonds is 2. The second kappa shape index (κ2) is 9.94. The minimum atomic E-state index is 0. The Morgan fingerprint density at radius 3 is 1.47 bits per heavy atom. The molecule has 0 radical (unpaired) electrons. The Labute approximate surface area is 110 Å². The van der Waals surface area contributed by atoms with E-state index in [-0.39, 0.29) is 14.9 Å². The molecule has 0 bridgehead atoms. The van der Waals surface area contributed by atoms with E-state index < -0.39 is 0 Å². The van der Waals surface area contributed by atoms with Gasteiger partial charge in [-0.3, -0.25) is 0 Å². The van der Waals surface area contributed by atoms with Gasteiger partial charge in [0, 0.05) is 13.2 Å². The fourth-order valence-electron chi connectivity index (χ4n) is 2.19. The maximum Gasteiger partial charge on any atom is 0.0497 e. The summed E-state index contributed by atoms with van der Waals surface area (Å²) in [5, 5.41) is 0. The third-order valence-electron chi connectivity index (χ3n) is 4.00. The molecule has 0 aromatic carbocycles. The molecule has 0 aromatic rings. The van der Waals surface area contributed by atoms with Crippen LogP contribution in [0.15, 0.2) is 0 Å². The highest BCUT2D eigenvalue weighted by Gasteiger charge is 2.19. The zero-order valence-electron chi connectivity index (χ0n) is 11.0. The van der Waals surface area contributed by atoms with Gasteiger partial charge >= 0.3 is 0 Å². The molecule has 0 N–H and O–H groups in total. The van der Waals surface area contributed by atoms with E-state index >= 15 is 0 Å². The fraction of sp³-hybridized carbons (Fsp3) is 1.00. The summed E-state index contributed by atoms with van der Waals surface area (Å²) in [7, 11) is 0. The smallest absolute Gasteiger partial charge is 0.0497 e. The maximum absolute atomic E-state index is 5.22. The Morgan fingerprint density at radius 2 is 1.35 bits per heavy atom. The van der Waals surface area contributed by atoms with Crippen molar-refractivity contribution in [2.24, 2.45) is 23.7 Å². The molecule has 2 aliphatic rings. The van der Waals surface area contributed by atoms with Crippen molar-refractivity contribution < 1.29 is 4.74 Å². The van der Waals surface area contributed by atoms with E-state index in [4.69, 9.17) is 4.74 Å². The van der Waals surface area contributed by atoms with Crippen LogP contribution in [0.2, 0.25) is 0 Å². The summed E-state index contributed by atoms with van der Waals surface area (Å²) < 4.78 is 5.22. The highest BCUT2D eigenvalue weighted by Crippen LogP contribution is 2.32. The van der Waals surface area contributed by atoms with Gasteiger partial charge in [0.15, 0.2) is 0 Å². The van der Waals surface area contributed by atoms with Crippen LogP contribution >= 0.6 is 0 Å². The summed E-state index contributed by atoms with van der Waals surface area (Å²) in [4.78, 5) is 0. The molecule has 1 nitrogen and oxygen atoms in total. The van der Waals surface area contributed by atoms with Gasteiger partial charge in [0.25, 0.3) is 0 Å². The van der Waals surface area contributed by atoms with Gasteiger partial charge in [0.05, 0.1) is 0 Å². The van der Waals surface area contributed by atoms with Crippen LogP contribution in [0.25, 0.3) is 0 Å². The first-order valence-electron chi connectivity index (χ1n) is 6.69. The molecule has 17 heavy (non-hydrogen) atoms. The monoisotopic (exact) mass is 244 g/mol. The van der Waals surface area contributed by atoms with Gasteiger partial charge in [-0.15, -0.1) is 0 Å². The molecule has 106 valence electrons. The van der Waals surface area contributed by atoms with E-state index in [0.717, 1.165) is 36.9 Å². The summed E-state index contributed by atoms with van der Waals surface area (Å²) in [6.07, 6.45) is 5.76. The molecule has 0 amide bonds. The highest BCUT2D eigenvalue weighted by atomic mass is 16.5. The molecular formula is C16H36O. The first-order chi connectivity index (χ1) is 7.11. The van der Waals surface area contributed by atoms with Crippen LogP contribution in [-0.4, -0.2) is 13.2 Å². The van der Waals surface area contributed by atoms with Gasteiger partial charge in [0.1, 0.15) is 0 Å². The Kier molecular flexibility index (Phi) is 11.3. The van der Waals surface area contributed by atoms with Crippen LogP contribution < -0.4 is 0 Å². The molecule has 2 fully saturated rings. The SMILES string of the molecule is C.C.CC(C)C1CCC1.CC(C)C1CCOC1. The predicted octanol–water partition coefficient (Wildman–Crippen LogP) is 5.39. The molecule has 2 rings (SSSR count). The third kappa shape index (κ3) is 7.08. The van der Waals surface area contributed by atoms with Crippen LogP contribution in [0.4, 0.5) is 0 Å². The van der Waals surface area contributed by atoms with Crippen molar-refractivity contribution >= 4 is 0 Å². The van der Waals surface area contributed by atoms with E-state index in [1.165, 1.54) is 25.7 Å². The molecule has 0 aromatic heterocycles. The van der Waals surface area contributed by atoms with Gasteiger partial charge in [-0.25, -0.2) is 0 Å². The van der Waals surface area contributed by atoms with Crippen LogP contribution in [0, 0.1) is 23.7 Å². The standard InChI is InChI=1S/C7H14O.C7H14.2CH4/c1-6(2)7-3-4-8-5-7;1-6(2)7-4-3-5-7;;/h6-7H,3-5H2,1-2H3;6-7H,3-5H2,1-2H3;2*1H4. The zero-order chi connectivity index (χ0) is 11.3. The molecule has 1 aliphatic heterocycles. The van der Waals surface area contributed by atoms with E-state index in [1.54, 1.807) is 0 Å². The minimum absolute atomic E-state index is 0. The van der Waals surface area contributed by atoms with Crippen molar-refractivity contribution in [3.8, 4) is 0 Å². The zero-order valence-corrected chi connectivity index (χ0v) is 11.0. The van der Waals surface area contributed by atoms with Gasteiger partial charge in [-0.05, 0) is 30.1 Å². The Balaban J connectivity index is 0. The second-order valence-corrected chi connectivity index (χ2v) is 5.80. The lowest BCUT2D eigenvalue weighted by Crippen LogP contribution is -2.16.